The first-order valence-electron chi connectivity index (χ1n) is 7.20. The van der Waals surface area contributed by atoms with E-state index in [0.29, 0.717) is 33.7 Å². The number of aryl methyl sites for hydroxylation is 1. The summed E-state index contributed by atoms with van der Waals surface area (Å²) in [7, 11) is -0.752. The standard InChI is InChI=1S/C16H16N2O5S2/c1-10-17-9-14(23-10)15-4-5-16(24-15)25(19,20)18-11-6-12(21-2)8-13(7-11)22-3/h4-9,18H,1-3H3. The predicted octanol–water partition coefficient (Wildman–Crippen LogP) is 3.53. The zero-order chi connectivity index (χ0) is 18.0. The molecule has 0 amide bonds. The van der Waals surface area contributed by atoms with Crippen molar-refractivity contribution in [1.82, 2.24) is 4.98 Å². The summed E-state index contributed by atoms with van der Waals surface area (Å²) in [6.45, 7) is 1.73. The molecule has 3 aromatic rings. The molecular formula is C16H16N2O5S2. The lowest BCUT2D eigenvalue weighted by Crippen LogP contribution is -2.11. The first-order valence-corrected chi connectivity index (χ1v) is 9.50. The average molecular weight is 380 g/mol. The van der Waals surface area contributed by atoms with Gasteiger partial charge in [-0.2, -0.15) is 0 Å². The third-order valence-electron chi connectivity index (χ3n) is 3.31. The quantitative estimate of drug-likeness (QED) is 0.703. The van der Waals surface area contributed by atoms with Gasteiger partial charge < -0.3 is 13.9 Å². The molecule has 0 radical (unpaired) electrons. The van der Waals surface area contributed by atoms with Gasteiger partial charge in [0.25, 0.3) is 10.0 Å². The number of ether oxygens (including phenoxy) is 2. The van der Waals surface area contributed by atoms with E-state index in [2.05, 4.69) is 9.71 Å². The van der Waals surface area contributed by atoms with Crippen molar-refractivity contribution in [3.8, 4) is 22.1 Å². The predicted molar refractivity (Wildman–Crippen MR) is 94.9 cm³/mol. The maximum absolute atomic E-state index is 12.6. The Morgan fingerprint density at radius 3 is 2.36 bits per heavy atom. The van der Waals surface area contributed by atoms with Gasteiger partial charge in [0, 0.05) is 25.1 Å². The molecule has 9 heteroatoms. The fourth-order valence-electron chi connectivity index (χ4n) is 2.14. The van der Waals surface area contributed by atoms with Gasteiger partial charge in [-0.05, 0) is 12.1 Å². The lowest BCUT2D eigenvalue weighted by molar-refractivity contribution is 0.395. The smallest absolute Gasteiger partial charge is 0.271 e. The SMILES string of the molecule is COc1cc(NS(=O)(=O)c2ccc(-c3cnc(C)o3)s2)cc(OC)c1. The van der Waals surface area contributed by atoms with Gasteiger partial charge in [-0.3, -0.25) is 4.72 Å². The summed E-state index contributed by atoms with van der Waals surface area (Å²) in [4.78, 5) is 4.70. The summed E-state index contributed by atoms with van der Waals surface area (Å²) in [6, 6.07) is 8.03. The van der Waals surface area contributed by atoms with E-state index >= 15 is 0 Å². The Kier molecular flexibility index (Phi) is 4.69. The molecule has 0 unspecified atom stereocenters. The van der Waals surface area contributed by atoms with Crippen molar-refractivity contribution in [2.45, 2.75) is 11.1 Å². The molecule has 0 aliphatic carbocycles. The summed E-state index contributed by atoms with van der Waals surface area (Å²) in [6.07, 6.45) is 1.57. The summed E-state index contributed by atoms with van der Waals surface area (Å²) < 4.78 is 43.7. The van der Waals surface area contributed by atoms with Crippen molar-refractivity contribution in [2.24, 2.45) is 0 Å². The molecule has 0 atom stereocenters. The Hall–Kier alpha value is -2.52. The number of hydrogen-bond acceptors (Lipinski definition) is 7. The molecular weight excluding hydrogens is 364 g/mol. The van der Waals surface area contributed by atoms with E-state index in [1.54, 1.807) is 37.4 Å². The Bertz CT molecular complexity index is 969. The van der Waals surface area contributed by atoms with Gasteiger partial charge in [-0.1, -0.05) is 0 Å². The summed E-state index contributed by atoms with van der Waals surface area (Å²) in [5.41, 5.74) is 0.349. The molecule has 132 valence electrons. The van der Waals surface area contributed by atoms with Gasteiger partial charge >= 0.3 is 0 Å². The first-order chi connectivity index (χ1) is 11.9. The van der Waals surface area contributed by atoms with Crippen LogP contribution in [0.15, 0.2) is 45.2 Å². The van der Waals surface area contributed by atoms with Crippen LogP contribution < -0.4 is 14.2 Å². The van der Waals surface area contributed by atoms with Crippen LogP contribution in [0.5, 0.6) is 11.5 Å². The Morgan fingerprint density at radius 2 is 1.80 bits per heavy atom. The second-order valence-electron chi connectivity index (χ2n) is 5.07. The van der Waals surface area contributed by atoms with Crippen molar-refractivity contribution >= 4 is 27.0 Å². The average Bonchev–Trinajstić information content (AvgIpc) is 3.23. The van der Waals surface area contributed by atoms with E-state index in [1.165, 1.54) is 20.3 Å². The molecule has 2 aromatic heterocycles. The Morgan fingerprint density at radius 1 is 1.12 bits per heavy atom. The molecule has 3 rings (SSSR count). The van der Waals surface area contributed by atoms with E-state index in [-0.39, 0.29) is 4.21 Å². The summed E-state index contributed by atoms with van der Waals surface area (Å²) >= 11 is 1.10. The molecule has 0 aliphatic heterocycles. The van der Waals surface area contributed by atoms with Crippen molar-refractivity contribution in [3.63, 3.8) is 0 Å². The number of nitrogens with zero attached hydrogens (tertiary/aromatic N) is 1. The lowest BCUT2D eigenvalue weighted by Gasteiger charge is -2.10. The number of benzene rings is 1. The molecule has 0 bridgehead atoms. The van der Waals surface area contributed by atoms with Gasteiger partial charge in [0.05, 0.1) is 31.0 Å². The lowest BCUT2D eigenvalue weighted by atomic mass is 10.3. The zero-order valence-corrected chi connectivity index (χ0v) is 15.4. The zero-order valence-electron chi connectivity index (χ0n) is 13.8. The van der Waals surface area contributed by atoms with Crippen LogP contribution in [-0.4, -0.2) is 27.6 Å². The van der Waals surface area contributed by atoms with Crippen LogP contribution in [-0.2, 0) is 10.0 Å². The number of aromatic nitrogens is 1. The van der Waals surface area contributed by atoms with Crippen LogP contribution in [0.2, 0.25) is 0 Å². The van der Waals surface area contributed by atoms with E-state index < -0.39 is 10.0 Å². The Balaban J connectivity index is 1.89. The maximum Gasteiger partial charge on any atom is 0.271 e. The fraction of sp³-hybridized carbons (Fsp3) is 0.188. The number of oxazole rings is 1. The van der Waals surface area contributed by atoms with Crippen LogP contribution in [0, 0.1) is 6.92 Å². The summed E-state index contributed by atoms with van der Waals surface area (Å²) in [5, 5.41) is 0. The molecule has 2 heterocycles. The second-order valence-corrected chi connectivity index (χ2v) is 8.06. The minimum Gasteiger partial charge on any atom is -0.497 e. The third kappa shape index (κ3) is 3.77. The highest BCUT2D eigenvalue weighted by Gasteiger charge is 2.19. The van der Waals surface area contributed by atoms with Crippen molar-refractivity contribution in [2.75, 3.05) is 18.9 Å². The van der Waals surface area contributed by atoms with Crippen LogP contribution in [0.25, 0.3) is 10.6 Å². The number of sulfonamides is 1. The highest BCUT2D eigenvalue weighted by atomic mass is 32.2. The highest BCUT2D eigenvalue weighted by molar-refractivity contribution is 7.94. The normalized spacial score (nSPS) is 11.3. The van der Waals surface area contributed by atoms with E-state index in [9.17, 15) is 8.42 Å². The minimum atomic E-state index is -3.75. The molecule has 0 saturated heterocycles. The Labute approximate surface area is 149 Å². The topological polar surface area (TPSA) is 90.7 Å². The van der Waals surface area contributed by atoms with Crippen LogP contribution >= 0.6 is 11.3 Å². The number of methoxy groups -OCH3 is 2. The fourth-order valence-corrected chi connectivity index (χ4v) is 4.44. The molecule has 7 nitrogen and oxygen atoms in total. The largest absolute Gasteiger partial charge is 0.497 e. The number of nitrogens with one attached hydrogen (secondary N) is 1. The van der Waals surface area contributed by atoms with Crippen LogP contribution in [0.1, 0.15) is 5.89 Å². The number of hydrogen-bond donors (Lipinski definition) is 1. The molecule has 1 aromatic carbocycles. The number of anilines is 1. The van der Waals surface area contributed by atoms with E-state index in [0.717, 1.165) is 11.3 Å². The molecule has 0 saturated carbocycles. The van der Waals surface area contributed by atoms with E-state index in [4.69, 9.17) is 13.9 Å². The molecule has 1 N–H and O–H groups in total. The van der Waals surface area contributed by atoms with Gasteiger partial charge in [-0.25, -0.2) is 13.4 Å². The maximum atomic E-state index is 12.6. The monoisotopic (exact) mass is 380 g/mol. The molecule has 0 fully saturated rings. The molecule has 0 aliphatic rings. The molecule has 25 heavy (non-hydrogen) atoms. The highest BCUT2D eigenvalue weighted by Crippen LogP contribution is 2.33. The van der Waals surface area contributed by atoms with Crippen molar-refractivity contribution in [1.29, 1.82) is 0 Å². The van der Waals surface area contributed by atoms with Crippen molar-refractivity contribution in [3.05, 3.63) is 42.4 Å². The third-order valence-corrected chi connectivity index (χ3v) is 6.29. The van der Waals surface area contributed by atoms with Gasteiger partial charge in [-0.15, -0.1) is 11.3 Å². The van der Waals surface area contributed by atoms with Crippen LogP contribution in [0.4, 0.5) is 5.69 Å². The van der Waals surface area contributed by atoms with E-state index in [1.807, 2.05) is 0 Å². The van der Waals surface area contributed by atoms with Gasteiger partial charge in [0.15, 0.2) is 11.7 Å². The first kappa shape index (κ1) is 17.3. The summed E-state index contributed by atoms with van der Waals surface area (Å²) in [5.74, 6) is 2.03. The van der Waals surface area contributed by atoms with Gasteiger partial charge in [0.2, 0.25) is 0 Å². The minimum absolute atomic E-state index is 0.165. The van der Waals surface area contributed by atoms with Crippen LogP contribution in [0.3, 0.4) is 0 Å². The second kappa shape index (κ2) is 6.77. The van der Waals surface area contributed by atoms with Crippen molar-refractivity contribution < 1.29 is 22.3 Å². The van der Waals surface area contributed by atoms with Gasteiger partial charge in [0.1, 0.15) is 15.7 Å². The number of thiophene rings is 1. The number of rotatable bonds is 6. The molecule has 0 spiro atoms.